The van der Waals surface area contributed by atoms with Gasteiger partial charge in [-0.2, -0.15) is 0 Å². The fraction of sp³-hybridized carbons (Fsp3) is 0.407. The highest BCUT2D eigenvalue weighted by molar-refractivity contribution is 6.07. The topological polar surface area (TPSA) is 93.4 Å². The molecule has 9 heteroatoms. The first-order valence-electron chi connectivity index (χ1n) is 12.4. The van der Waals surface area contributed by atoms with Crippen molar-refractivity contribution in [1.29, 1.82) is 0 Å². The molecule has 2 aliphatic rings. The van der Waals surface area contributed by atoms with E-state index in [0.29, 0.717) is 56.6 Å². The molecule has 2 N–H and O–H groups in total. The van der Waals surface area contributed by atoms with E-state index < -0.39 is 0 Å². The van der Waals surface area contributed by atoms with E-state index in [2.05, 4.69) is 4.90 Å². The maximum absolute atomic E-state index is 13.0. The number of hydrogen-bond acceptors (Lipinski definition) is 7. The molecule has 0 saturated carbocycles. The summed E-state index contributed by atoms with van der Waals surface area (Å²) in [4.78, 5) is 24.0. The molecule has 36 heavy (non-hydrogen) atoms. The van der Waals surface area contributed by atoms with Crippen LogP contribution in [0.5, 0.6) is 11.5 Å². The van der Waals surface area contributed by atoms with Gasteiger partial charge in [0.15, 0.2) is 11.5 Å². The Morgan fingerprint density at radius 2 is 1.69 bits per heavy atom. The number of rotatable bonds is 4. The SMILES string of the molecule is COc1cc2nc(N3CCCN(C(=O)N4CCOCC4)CC3)cc(N)c2c(-c2ccccc2)c1OC. The average Bonchev–Trinajstić information content (AvgIpc) is 3.19. The number of morpholine rings is 1. The lowest BCUT2D eigenvalue weighted by molar-refractivity contribution is 0.0438. The van der Waals surface area contributed by atoms with E-state index in [1.54, 1.807) is 14.2 Å². The molecule has 0 radical (unpaired) electrons. The van der Waals surface area contributed by atoms with Crippen LogP contribution in [-0.4, -0.2) is 87.5 Å². The first-order chi connectivity index (χ1) is 17.6. The van der Waals surface area contributed by atoms with Gasteiger partial charge in [0.2, 0.25) is 0 Å². The third-order valence-electron chi connectivity index (χ3n) is 6.89. The maximum atomic E-state index is 13.0. The largest absolute Gasteiger partial charge is 0.493 e. The summed E-state index contributed by atoms with van der Waals surface area (Å²) in [7, 11) is 3.26. The van der Waals surface area contributed by atoms with Crippen molar-refractivity contribution >= 4 is 28.4 Å². The summed E-state index contributed by atoms with van der Waals surface area (Å²) in [5.41, 5.74) is 9.89. The molecule has 2 aromatic carbocycles. The van der Waals surface area contributed by atoms with Crippen molar-refractivity contribution in [3.63, 3.8) is 0 Å². The molecule has 0 bridgehead atoms. The van der Waals surface area contributed by atoms with E-state index in [4.69, 9.17) is 24.9 Å². The van der Waals surface area contributed by atoms with Crippen LogP contribution >= 0.6 is 0 Å². The zero-order valence-corrected chi connectivity index (χ0v) is 20.9. The van der Waals surface area contributed by atoms with Crippen molar-refractivity contribution < 1.29 is 19.0 Å². The second-order valence-electron chi connectivity index (χ2n) is 9.03. The molecule has 190 valence electrons. The Morgan fingerprint density at radius 1 is 0.944 bits per heavy atom. The number of nitrogens with two attached hydrogens (primary N) is 1. The summed E-state index contributed by atoms with van der Waals surface area (Å²) in [5.74, 6) is 2.03. The van der Waals surface area contributed by atoms with Gasteiger partial charge in [-0.05, 0) is 12.0 Å². The predicted octanol–water partition coefficient (Wildman–Crippen LogP) is 3.47. The minimum atomic E-state index is 0.0930. The standard InChI is InChI=1S/C27H33N5O4/c1-34-22-18-21-25(24(26(22)35-2)19-7-4-3-5-8-19)20(28)17-23(29-21)30-9-6-10-31(12-11-30)27(33)32-13-15-36-16-14-32/h3-5,7-8,17-18H,6,9-16H2,1-2H3,(H2,28,29). The van der Waals surface area contributed by atoms with E-state index in [1.807, 2.05) is 52.3 Å². The number of methoxy groups -OCH3 is 2. The molecule has 3 heterocycles. The third-order valence-corrected chi connectivity index (χ3v) is 6.89. The van der Waals surface area contributed by atoms with Gasteiger partial charge >= 0.3 is 6.03 Å². The fourth-order valence-corrected chi connectivity index (χ4v) is 5.06. The Hall–Kier alpha value is -3.72. The molecule has 0 aliphatic carbocycles. The fourth-order valence-electron chi connectivity index (χ4n) is 5.06. The van der Waals surface area contributed by atoms with Gasteiger partial charge in [-0.3, -0.25) is 0 Å². The van der Waals surface area contributed by atoms with Crippen LogP contribution in [0, 0.1) is 0 Å². The van der Waals surface area contributed by atoms with Crippen LogP contribution < -0.4 is 20.1 Å². The number of carbonyl (C=O) groups is 1. The van der Waals surface area contributed by atoms with Crippen LogP contribution in [0.2, 0.25) is 0 Å². The van der Waals surface area contributed by atoms with Gasteiger partial charge in [-0.25, -0.2) is 9.78 Å². The number of anilines is 2. The first kappa shape index (κ1) is 24.0. The molecule has 2 aliphatic heterocycles. The lowest BCUT2D eigenvalue weighted by atomic mass is 9.97. The number of benzene rings is 2. The van der Waals surface area contributed by atoms with Crippen molar-refractivity contribution in [2.45, 2.75) is 6.42 Å². The predicted molar refractivity (Wildman–Crippen MR) is 141 cm³/mol. The Kier molecular flexibility index (Phi) is 6.99. The lowest BCUT2D eigenvalue weighted by Gasteiger charge is -2.32. The van der Waals surface area contributed by atoms with Crippen LogP contribution in [0.3, 0.4) is 0 Å². The van der Waals surface area contributed by atoms with Crippen LogP contribution in [0.1, 0.15) is 6.42 Å². The monoisotopic (exact) mass is 491 g/mol. The van der Waals surface area contributed by atoms with Crippen LogP contribution in [0.4, 0.5) is 16.3 Å². The van der Waals surface area contributed by atoms with Crippen molar-refractivity contribution in [3.05, 3.63) is 42.5 Å². The Balaban J connectivity index is 1.47. The quantitative estimate of drug-likeness (QED) is 0.597. The van der Waals surface area contributed by atoms with E-state index in [9.17, 15) is 4.79 Å². The Labute approximate surface area is 211 Å². The lowest BCUT2D eigenvalue weighted by Crippen LogP contribution is -2.49. The molecule has 3 aromatic rings. The van der Waals surface area contributed by atoms with Gasteiger partial charge < -0.3 is 34.6 Å². The number of aromatic nitrogens is 1. The van der Waals surface area contributed by atoms with Crippen molar-refractivity contribution in [2.24, 2.45) is 0 Å². The average molecular weight is 492 g/mol. The van der Waals surface area contributed by atoms with Crippen molar-refractivity contribution in [1.82, 2.24) is 14.8 Å². The molecule has 5 rings (SSSR count). The minimum absolute atomic E-state index is 0.0930. The number of nitrogens with zero attached hydrogens (tertiary/aromatic N) is 4. The molecule has 2 saturated heterocycles. The number of pyridine rings is 1. The van der Waals surface area contributed by atoms with E-state index in [0.717, 1.165) is 47.4 Å². The summed E-state index contributed by atoms with van der Waals surface area (Å²) in [6.45, 7) is 5.34. The number of ether oxygens (including phenoxy) is 3. The Morgan fingerprint density at radius 3 is 2.42 bits per heavy atom. The van der Waals surface area contributed by atoms with Gasteiger partial charge in [0, 0.05) is 68.0 Å². The van der Waals surface area contributed by atoms with Crippen LogP contribution in [-0.2, 0) is 4.74 Å². The molecular formula is C27H33N5O4. The summed E-state index contributed by atoms with van der Waals surface area (Å²) >= 11 is 0. The summed E-state index contributed by atoms with van der Waals surface area (Å²) < 4.78 is 16.8. The number of amides is 2. The Bertz CT molecular complexity index is 1230. The number of urea groups is 1. The van der Waals surface area contributed by atoms with Crippen LogP contribution in [0.25, 0.3) is 22.0 Å². The highest BCUT2D eigenvalue weighted by Gasteiger charge is 2.26. The molecular weight excluding hydrogens is 458 g/mol. The molecule has 9 nitrogen and oxygen atoms in total. The second kappa shape index (κ2) is 10.5. The van der Waals surface area contributed by atoms with Crippen LogP contribution in [0.15, 0.2) is 42.5 Å². The number of carbonyl (C=O) groups excluding carboxylic acids is 1. The van der Waals surface area contributed by atoms with Gasteiger partial charge in [-0.1, -0.05) is 30.3 Å². The normalized spacial score (nSPS) is 16.7. The number of nitrogen functional groups attached to an aromatic ring is 1. The van der Waals surface area contributed by atoms with Gasteiger partial charge in [0.25, 0.3) is 0 Å². The van der Waals surface area contributed by atoms with Crippen molar-refractivity contribution in [3.8, 4) is 22.6 Å². The molecule has 0 atom stereocenters. The minimum Gasteiger partial charge on any atom is -0.493 e. The molecule has 0 unspecified atom stereocenters. The maximum Gasteiger partial charge on any atom is 0.320 e. The molecule has 1 aromatic heterocycles. The summed E-state index contributed by atoms with van der Waals surface area (Å²) in [6, 6.07) is 13.9. The zero-order chi connectivity index (χ0) is 25.1. The summed E-state index contributed by atoms with van der Waals surface area (Å²) in [6.07, 6.45) is 0.858. The third kappa shape index (κ3) is 4.58. The molecule has 2 amide bonds. The van der Waals surface area contributed by atoms with Gasteiger partial charge in [-0.15, -0.1) is 0 Å². The highest BCUT2D eigenvalue weighted by atomic mass is 16.5. The van der Waals surface area contributed by atoms with E-state index >= 15 is 0 Å². The van der Waals surface area contributed by atoms with E-state index in [-0.39, 0.29) is 6.03 Å². The van der Waals surface area contributed by atoms with Gasteiger partial charge in [0.05, 0.1) is 33.0 Å². The zero-order valence-electron chi connectivity index (χ0n) is 20.9. The molecule has 0 spiro atoms. The summed E-state index contributed by atoms with van der Waals surface area (Å²) in [5, 5.41) is 0.835. The van der Waals surface area contributed by atoms with Crippen molar-refractivity contribution in [2.75, 3.05) is 77.3 Å². The highest BCUT2D eigenvalue weighted by Crippen LogP contribution is 2.46. The smallest absolute Gasteiger partial charge is 0.320 e. The van der Waals surface area contributed by atoms with Gasteiger partial charge in [0.1, 0.15) is 5.82 Å². The first-order valence-corrected chi connectivity index (χ1v) is 12.4. The number of fused-ring (bicyclic) bond motifs is 1. The second-order valence-corrected chi connectivity index (χ2v) is 9.03. The number of hydrogen-bond donors (Lipinski definition) is 1. The molecule has 2 fully saturated rings. The van der Waals surface area contributed by atoms with E-state index in [1.165, 1.54) is 0 Å².